The predicted molar refractivity (Wildman–Crippen MR) is 77.9 cm³/mol. The Bertz CT molecular complexity index is 640. The van der Waals surface area contributed by atoms with E-state index in [9.17, 15) is 4.39 Å². The van der Waals surface area contributed by atoms with Crippen molar-refractivity contribution in [3.05, 3.63) is 52.2 Å². The van der Waals surface area contributed by atoms with E-state index in [1.165, 1.54) is 12.1 Å². The Morgan fingerprint density at radius 2 is 1.90 bits per heavy atom. The maximum absolute atomic E-state index is 13.1. The summed E-state index contributed by atoms with van der Waals surface area (Å²) in [6.07, 6.45) is 1.87. The molecule has 0 fully saturated rings. The largest absolute Gasteiger partial charge is 0.362 e. The van der Waals surface area contributed by atoms with Crippen LogP contribution in [0.2, 0.25) is 5.28 Å². The Balaban J connectivity index is 2.08. The smallest absolute Gasteiger partial charge is 0.224 e. The summed E-state index contributed by atoms with van der Waals surface area (Å²) in [5.74, 6) is 0.830. The number of hydrogen-bond donors (Lipinski definition) is 0. The van der Waals surface area contributed by atoms with E-state index in [2.05, 4.69) is 9.97 Å². The van der Waals surface area contributed by atoms with Gasteiger partial charge < -0.3 is 4.90 Å². The summed E-state index contributed by atoms with van der Waals surface area (Å²) in [7, 11) is 3.90. The Morgan fingerprint density at radius 1 is 1.20 bits per heavy atom. The number of fused-ring (bicyclic) bond motifs is 1. The molecule has 1 aliphatic carbocycles. The number of benzene rings is 1. The normalized spacial score (nSPS) is 17.1. The lowest BCUT2D eigenvalue weighted by molar-refractivity contribution is 0.625. The number of halogens is 2. The van der Waals surface area contributed by atoms with Crippen LogP contribution >= 0.6 is 11.6 Å². The zero-order chi connectivity index (χ0) is 14.3. The van der Waals surface area contributed by atoms with Crippen LogP contribution in [-0.4, -0.2) is 24.1 Å². The van der Waals surface area contributed by atoms with Gasteiger partial charge in [0.15, 0.2) is 0 Å². The molecule has 0 saturated heterocycles. The van der Waals surface area contributed by atoms with Crippen molar-refractivity contribution in [1.29, 1.82) is 0 Å². The van der Waals surface area contributed by atoms with Crippen LogP contribution < -0.4 is 4.90 Å². The van der Waals surface area contributed by atoms with Gasteiger partial charge in [-0.1, -0.05) is 12.1 Å². The molecule has 1 aromatic heterocycles. The average Bonchev–Trinajstić information content (AvgIpc) is 2.82. The van der Waals surface area contributed by atoms with Gasteiger partial charge in [0.2, 0.25) is 5.28 Å². The molecular weight excluding hydrogens is 277 g/mol. The molecule has 3 nitrogen and oxygen atoms in total. The molecule has 1 unspecified atom stereocenters. The summed E-state index contributed by atoms with van der Waals surface area (Å²) in [4.78, 5) is 10.7. The van der Waals surface area contributed by atoms with Crippen LogP contribution in [0.25, 0.3) is 0 Å². The van der Waals surface area contributed by atoms with E-state index in [-0.39, 0.29) is 17.0 Å². The van der Waals surface area contributed by atoms with Crippen molar-refractivity contribution < 1.29 is 4.39 Å². The Kier molecular flexibility index (Phi) is 3.34. The fraction of sp³-hybridized carbons (Fsp3) is 0.333. The summed E-state index contributed by atoms with van der Waals surface area (Å²) in [6, 6.07) is 6.62. The molecule has 0 radical (unpaired) electrons. The van der Waals surface area contributed by atoms with Gasteiger partial charge in [0.05, 0.1) is 5.69 Å². The van der Waals surface area contributed by atoms with Crippen LogP contribution in [0, 0.1) is 5.82 Å². The fourth-order valence-corrected chi connectivity index (χ4v) is 2.98. The van der Waals surface area contributed by atoms with Crippen LogP contribution in [0.5, 0.6) is 0 Å². The summed E-state index contributed by atoms with van der Waals surface area (Å²) in [6.45, 7) is 0. The number of anilines is 1. The quantitative estimate of drug-likeness (QED) is 0.794. The molecule has 20 heavy (non-hydrogen) atoms. The maximum atomic E-state index is 13.1. The average molecular weight is 292 g/mol. The molecule has 0 spiro atoms. The summed E-state index contributed by atoms with van der Waals surface area (Å²) >= 11 is 6.04. The molecule has 104 valence electrons. The molecule has 2 aromatic rings. The van der Waals surface area contributed by atoms with Gasteiger partial charge in [-0.3, -0.25) is 0 Å². The van der Waals surface area contributed by atoms with Crippen molar-refractivity contribution in [2.24, 2.45) is 0 Å². The van der Waals surface area contributed by atoms with Crippen LogP contribution in [0.4, 0.5) is 10.2 Å². The van der Waals surface area contributed by atoms with Crippen molar-refractivity contribution in [1.82, 2.24) is 9.97 Å². The molecule has 0 amide bonds. The number of hydrogen-bond acceptors (Lipinski definition) is 3. The Morgan fingerprint density at radius 3 is 2.55 bits per heavy atom. The molecule has 1 atom stereocenters. The highest BCUT2D eigenvalue weighted by atomic mass is 35.5. The lowest BCUT2D eigenvalue weighted by Gasteiger charge is -2.17. The van der Waals surface area contributed by atoms with Gasteiger partial charge in [-0.05, 0) is 42.1 Å². The molecule has 5 heteroatoms. The molecule has 1 heterocycles. The van der Waals surface area contributed by atoms with Crippen molar-refractivity contribution >= 4 is 17.4 Å². The molecular formula is C15H15ClFN3. The van der Waals surface area contributed by atoms with Crippen LogP contribution in [0.15, 0.2) is 24.3 Å². The van der Waals surface area contributed by atoms with Gasteiger partial charge >= 0.3 is 0 Å². The molecule has 0 N–H and O–H groups in total. The molecule has 0 saturated carbocycles. The van der Waals surface area contributed by atoms with E-state index in [1.54, 1.807) is 0 Å². The van der Waals surface area contributed by atoms with Gasteiger partial charge in [0.1, 0.15) is 11.6 Å². The number of rotatable bonds is 2. The summed E-state index contributed by atoms with van der Waals surface area (Å²) in [5.41, 5.74) is 3.19. The van der Waals surface area contributed by atoms with E-state index < -0.39 is 0 Å². The van der Waals surface area contributed by atoms with Crippen molar-refractivity contribution in [2.45, 2.75) is 18.8 Å². The topological polar surface area (TPSA) is 29.0 Å². The van der Waals surface area contributed by atoms with E-state index in [4.69, 9.17) is 11.6 Å². The first-order valence-electron chi connectivity index (χ1n) is 6.55. The summed E-state index contributed by atoms with van der Waals surface area (Å²) in [5, 5.41) is 0.265. The SMILES string of the molecule is CN(C)c1nc(Cl)nc2c1CCC2c1ccc(F)cc1. The van der Waals surface area contributed by atoms with Gasteiger partial charge in [-0.2, -0.15) is 0 Å². The molecule has 0 aliphatic heterocycles. The van der Waals surface area contributed by atoms with Crippen LogP contribution in [-0.2, 0) is 6.42 Å². The van der Waals surface area contributed by atoms with Crippen molar-refractivity contribution in [3.8, 4) is 0 Å². The lowest BCUT2D eigenvalue weighted by atomic mass is 9.97. The van der Waals surface area contributed by atoms with Crippen LogP contribution in [0.1, 0.15) is 29.2 Å². The van der Waals surface area contributed by atoms with E-state index in [0.29, 0.717) is 0 Å². The maximum Gasteiger partial charge on any atom is 0.224 e. The van der Waals surface area contributed by atoms with Crippen LogP contribution in [0.3, 0.4) is 0 Å². The van der Waals surface area contributed by atoms with Gasteiger partial charge in [-0.25, -0.2) is 14.4 Å². The van der Waals surface area contributed by atoms with Crippen molar-refractivity contribution in [3.63, 3.8) is 0 Å². The zero-order valence-electron chi connectivity index (χ0n) is 11.4. The number of nitrogens with zero attached hydrogens (tertiary/aromatic N) is 3. The second-order valence-corrected chi connectivity index (χ2v) is 5.56. The van der Waals surface area contributed by atoms with Gasteiger partial charge in [0, 0.05) is 25.6 Å². The van der Waals surface area contributed by atoms with Crippen molar-refractivity contribution in [2.75, 3.05) is 19.0 Å². The van der Waals surface area contributed by atoms with Gasteiger partial charge in [0.25, 0.3) is 0 Å². The fourth-order valence-electron chi connectivity index (χ4n) is 2.80. The predicted octanol–water partition coefficient (Wildman–Crippen LogP) is 3.41. The highest BCUT2D eigenvalue weighted by molar-refractivity contribution is 6.28. The first-order chi connectivity index (χ1) is 9.56. The van der Waals surface area contributed by atoms with E-state index in [1.807, 2.05) is 31.1 Å². The van der Waals surface area contributed by atoms with E-state index >= 15 is 0 Å². The zero-order valence-corrected chi connectivity index (χ0v) is 12.2. The summed E-state index contributed by atoms with van der Waals surface area (Å²) < 4.78 is 13.1. The second kappa shape index (κ2) is 5.02. The third-order valence-electron chi connectivity index (χ3n) is 3.70. The minimum absolute atomic E-state index is 0.171. The van der Waals surface area contributed by atoms with Gasteiger partial charge in [-0.15, -0.1) is 0 Å². The lowest BCUT2D eigenvalue weighted by Crippen LogP contribution is -2.14. The minimum Gasteiger partial charge on any atom is -0.362 e. The van der Waals surface area contributed by atoms with E-state index in [0.717, 1.165) is 35.5 Å². The highest BCUT2D eigenvalue weighted by Gasteiger charge is 2.29. The third-order valence-corrected chi connectivity index (χ3v) is 3.87. The second-order valence-electron chi connectivity index (χ2n) is 5.22. The molecule has 1 aromatic carbocycles. The monoisotopic (exact) mass is 291 g/mol. The molecule has 3 rings (SSSR count). The minimum atomic E-state index is -0.221. The Labute approximate surface area is 122 Å². The Hall–Kier alpha value is -1.68. The molecule has 0 bridgehead atoms. The molecule has 1 aliphatic rings. The first-order valence-corrected chi connectivity index (χ1v) is 6.93. The number of aromatic nitrogens is 2. The first kappa shape index (κ1) is 13.3. The third kappa shape index (κ3) is 2.24. The standard InChI is InChI=1S/C15H15ClFN3/c1-20(2)14-12-8-7-11(13(12)18-15(16)19-14)9-3-5-10(17)6-4-9/h3-6,11H,7-8H2,1-2H3. The highest BCUT2D eigenvalue weighted by Crippen LogP contribution is 2.40.